The Kier molecular flexibility index (Phi) is 3.00. The van der Waals surface area contributed by atoms with Crippen molar-refractivity contribution in [2.24, 2.45) is 0 Å². The summed E-state index contributed by atoms with van der Waals surface area (Å²) in [6.07, 6.45) is 2.72. The van der Waals surface area contributed by atoms with E-state index >= 15 is 0 Å². The largest absolute Gasteiger partial charge is 0.505 e. The highest BCUT2D eigenvalue weighted by Crippen LogP contribution is 2.47. The molecule has 0 atom stereocenters. The number of aromatic nitrogens is 1. The number of nitrogens with zero attached hydrogens (tertiary/aromatic N) is 1. The lowest BCUT2D eigenvalue weighted by molar-refractivity contribution is 0.424. The van der Waals surface area contributed by atoms with Crippen molar-refractivity contribution >= 4 is 0 Å². The topological polar surface area (TPSA) is 45.4 Å². The molecule has 2 N–H and O–H groups in total. The van der Waals surface area contributed by atoms with Crippen molar-refractivity contribution in [3.05, 3.63) is 34.5 Å². The molecule has 2 aromatic rings. The highest BCUT2D eigenvalue weighted by atomic mass is 16.3. The molecule has 0 spiro atoms. The second kappa shape index (κ2) is 4.58. The van der Waals surface area contributed by atoms with Gasteiger partial charge in [-0.15, -0.1) is 0 Å². The first-order chi connectivity index (χ1) is 9.54. The maximum Gasteiger partial charge on any atom is 0.203 e. The molecule has 1 aliphatic heterocycles. The molecule has 0 saturated carbocycles. The van der Waals surface area contributed by atoms with E-state index in [4.69, 9.17) is 0 Å². The number of benzene rings is 1. The summed E-state index contributed by atoms with van der Waals surface area (Å²) in [5.41, 5.74) is 5.99. The van der Waals surface area contributed by atoms with Gasteiger partial charge in [0.05, 0.1) is 11.3 Å². The molecule has 1 aliphatic rings. The molecule has 0 aliphatic carbocycles. The Labute approximate surface area is 119 Å². The molecule has 0 saturated heterocycles. The van der Waals surface area contributed by atoms with Crippen LogP contribution in [-0.4, -0.2) is 14.8 Å². The van der Waals surface area contributed by atoms with E-state index in [1.54, 1.807) is 0 Å². The van der Waals surface area contributed by atoms with Crippen LogP contribution in [0.4, 0.5) is 0 Å². The van der Waals surface area contributed by atoms with Crippen LogP contribution in [0.25, 0.3) is 11.1 Å². The minimum absolute atomic E-state index is 0.219. The van der Waals surface area contributed by atoms with Gasteiger partial charge in [-0.2, -0.15) is 0 Å². The monoisotopic (exact) mass is 271 g/mol. The third kappa shape index (κ3) is 1.73. The number of fused-ring (bicyclic) bond motifs is 1. The maximum atomic E-state index is 10.5. The second-order valence-electron chi connectivity index (χ2n) is 5.72. The molecule has 3 rings (SSSR count). The Morgan fingerprint density at radius 1 is 1.15 bits per heavy atom. The minimum atomic E-state index is 0.219. The van der Waals surface area contributed by atoms with Crippen LogP contribution in [0.1, 0.15) is 35.7 Å². The van der Waals surface area contributed by atoms with E-state index in [9.17, 15) is 10.2 Å². The highest BCUT2D eigenvalue weighted by molar-refractivity contribution is 5.82. The van der Waals surface area contributed by atoms with E-state index in [2.05, 4.69) is 26.0 Å². The molecular formula is C17H21NO2. The van der Waals surface area contributed by atoms with Gasteiger partial charge >= 0.3 is 0 Å². The smallest absolute Gasteiger partial charge is 0.203 e. The van der Waals surface area contributed by atoms with Gasteiger partial charge in [-0.25, -0.2) is 0 Å². The Hall–Kier alpha value is -1.90. The second-order valence-corrected chi connectivity index (χ2v) is 5.72. The van der Waals surface area contributed by atoms with Crippen LogP contribution in [-0.2, 0) is 19.4 Å². The summed E-state index contributed by atoms with van der Waals surface area (Å²) in [5.74, 6) is 0.485. The summed E-state index contributed by atoms with van der Waals surface area (Å²) in [7, 11) is 0. The molecule has 20 heavy (non-hydrogen) atoms. The van der Waals surface area contributed by atoms with Crippen LogP contribution >= 0.6 is 0 Å². The standard InChI is InChI=1S/C17H21NO2/c1-4-12-9-10(2)8-11(3)14(12)15-16(19)13-6-5-7-18(13)17(15)20/h8-9,19-20H,4-7H2,1-3H3. The first kappa shape index (κ1) is 13.1. The van der Waals surface area contributed by atoms with Crippen molar-refractivity contribution in [2.75, 3.05) is 0 Å². The number of hydrogen-bond donors (Lipinski definition) is 2. The van der Waals surface area contributed by atoms with E-state index in [0.29, 0.717) is 5.56 Å². The van der Waals surface area contributed by atoms with Gasteiger partial charge in [0.2, 0.25) is 5.88 Å². The zero-order valence-electron chi connectivity index (χ0n) is 12.3. The summed E-state index contributed by atoms with van der Waals surface area (Å²) in [4.78, 5) is 0. The first-order valence-electron chi connectivity index (χ1n) is 7.28. The zero-order chi connectivity index (χ0) is 14.4. The van der Waals surface area contributed by atoms with Crippen LogP contribution in [0.2, 0.25) is 0 Å². The van der Waals surface area contributed by atoms with Gasteiger partial charge in [0, 0.05) is 6.54 Å². The SMILES string of the molecule is CCc1cc(C)cc(C)c1-c1c(O)c2n(c1O)CCC2. The molecule has 2 heterocycles. The minimum Gasteiger partial charge on any atom is -0.505 e. The number of aromatic hydroxyl groups is 2. The van der Waals surface area contributed by atoms with Gasteiger partial charge in [0.15, 0.2) is 0 Å². The third-order valence-electron chi connectivity index (χ3n) is 4.30. The molecule has 0 bridgehead atoms. The normalized spacial score (nSPS) is 13.8. The average molecular weight is 271 g/mol. The van der Waals surface area contributed by atoms with Crippen molar-refractivity contribution in [2.45, 2.75) is 46.6 Å². The average Bonchev–Trinajstić information content (AvgIpc) is 2.96. The lowest BCUT2D eigenvalue weighted by Crippen LogP contribution is -1.95. The van der Waals surface area contributed by atoms with Crippen molar-refractivity contribution in [3.8, 4) is 22.8 Å². The first-order valence-corrected chi connectivity index (χ1v) is 7.28. The van der Waals surface area contributed by atoms with Gasteiger partial charge in [0.1, 0.15) is 5.75 Å². The molecule has 0 amide bonds. The number of rotatable bonds is 2. The van der Waals surface area contributed by atoms with Crippen molar-refractivity contribution in [3.63, 3.8) is 0 Å². The molecule has 106 valence electrons. The summed E-state index contributed by atoms with van der Waals surface area (Å²) < 4.78 is 1.85. The zero-order valence-corrected chi connectivity index (χ0v) is 12.3. The van der Waals surface area contributed by atoms with Gasteiger partial charge in [-0.3, -0.25) is 0 Å². The molecular weight excluding hydrogens is 250 g/mol. The predicted molar refractivity (Wildman–Crippen MR) is 80.4 cm³/mol. The Bertz CT molecular complexity index is 656. The predicted octanol–water partition coefficient (Wildman–Crippen LogP) is 3.69. The van der Waals surface area contributed by atoms with Crippen molar-refractivity contribution in [1.82, 2.24) is 4.57 Å². The van der Waals surface area contributed by atoms with Crippen LogP contribution in [0, 0.1) is 13.8 Å². The molecule has 1 aromatic heterocycles. The Morgan fingerprint density at radius 3 is 2.55 bits per heavy atom. The summed E-state index contributed by atoms with van der Waals surface area (Å²) in [6, 6.07) is 4.25. The van der Waals surface area contributed by atoms with Gasteiger partial charge in [-0.1, -0.05) is 24.6 Å². The highest BCUT2D eigenvalue weighted by Gasteiger charge is 2.28. The van der Waals surface area contributed by atoms with Crippen LogP contribution in [0.3, 0.4) is 0 Å². The maximum absolute atomic E-state index is 10.5. The summed E-state index contributed by atoms with van der Waals surface area (Å²) in [6.45, 7) is 7.02. The third-order valence-corrected chi connectivity index (χ3v) is 4.30. The van der Waals surface area contributed by atoms with Gasteiger partial charge in [0.25, 0.3) is 0 Å². The number of aryl methyl sites for hydroxylation is 3. The van der Waals surface area contributed by atoms with E-state index in [0.717, 1.165) is 42.6 Å². The fourth-order valence-corrected chi connectivity index (χ4v) is 3.46. The summed E-state index contributed by atoms with van der Waals surface area (Å²) in [5, 5.41) is 21.0. The van der Waals surface area contributed by atoms with E-state index in [1.165, 1.54) is 11.1 Å². The Morgan fingerprint density at radius 2 is 1.90 bits per heavy atom. The van der Waals surface area contributed by atoms with E-state index in [1.807, 2.05) is 11.5 Å². The van der Waals surface area contributed by atoms with Gasteiger partial charge in [-0.05, 0) is 49.8 Å². The summed E-state index contributed by atoms with van der Waals surface area (Å²) >= 11 is 0. The van der Waals surface area contributed by atoms with Crippen molar-refractivity contribution < 1.29 is 10.2 Å². The van der Waals surface area contributed by atoms with E-state index in [-0.39, 0.29) is 11.6 Å². The molecule has 0 unspecified atom stereocenters. The molecule has 3 nitrogen and oxygen atoms in total. The Balaban J connectivity index is 2.30. The molecule has 0 radical (unpaired) electrons. The van der Waals surface area contributed by atoms with Gasteiger partial charge < -0.3 is 14.8 Å². The fourth-order valence-electron chi connectivity index (χ4n) is 3.46. The van der Waals surface area contributed by atoms with E-state index < -0.39 is 0 Å². The molecule has 3 heteroatoms. The quantitative estimate of drug-likeness (QED) is 0.875. The number of hydrogen-bond acceptors (Lipinski definition) is 2. The molecule has 1 aromatic carbocycles. The lowest BCUT2D eigenvalue weighted by Gasteiger charge is -2.13. The van der Waals surface area contributed by atoms with Crippen LogP contribution in [0.5, 0.6) is 11.6 Å². The fraction of sp³-hybridized carbons (Fsp3) is 0.412. The van der Waals surface area contributed by atoms with Crippen LogP contribution < -0.4 is 0 Å². The van der Waals surface area contributed by atoms with Crippen molar-refractivity contribution in [1.29, 1.82) is 0 Å². The molecule has 0 fully saturated rings. The van der Waals surface area contributed by atoms with Crippen LogP contribution in [0.15, 0.2) is 12.1 Å². The lowest BCUT2D eigenvalue weighted by atomic mass is 9.92.